The van der Waals surface area contributed by atoms with Crippen molar-refractivity contribution in [1.82, 2.24) is 0 Å². The fraction of sp³-hybridized carbons (Fsp3) is 0.500. The van der Waals surface area contributed by atoms with Crippen LogP contribution >= 0.6 is 0 Å². The number of amides is 1. The van der Waals surface area contributed by atoms with E-state index >= 15 is 0 Å². The summed E-state index contributed by atoms with van der Waals surface area (Å²) < 4.78 is 16.3. The van der Waals surface area contributed by atoms with Gasteiger partial charge >= 0.3 is 5.97 Å². The standard InChI is InChI=1S/C16H19NO5/c1-16(2)11(9-14(18)22-16)15(19)17-10-4-5-12-13(8-10)21-7-3-6-20-12/h4-5,8,11H,3,6-7,9H2,1-2H3,(H,17,19)/t11-/m0/s1. The van der Waals surface area contributed by atoms with Crippen LogP contribution in [-0.2, 0) is 14.3 Å². The van der Waals surface area contributed by atoms with E-state index in [0.717, 1.165) is 6.42 Å². The Morgan fingerprint density at radius 2 is 1.95 bits per heavy atom. The lowest BCUT2D eigenvalue weighted by Crippen LogP contribution is -2.36. The molecule has 6 nitrogen and oxygen atoms in total. The first kappa shape index (κ1) is 14.7. The van der Waals surface area contributed by atoms with Crippen molar-refractivity contribution in [2.75, 3.05) is 18.5 Å². The molecule has 0 saturated carbocycles. The molecule has 3 rings (SSSR count). The van der Waals surface area contributed by atoms with Gasteiger partial charge in [-0.2, -0.15) is 0 Å². The molecule has 0 bridgehead atoms. The molecule has 1 aromatic carbocycles. The molecule has 1 N–H and O–H groups in total. The Balaban J connectivity index is 1.74. The average molecular weight is 305 g/mol. The highest BCUT2D eigenvalue weighted by Crippen LogP contribution is 2.35. The van der Waals surface area contributed by atoms with Gasteiger partial charge < -0.3 is 19.5 Å². The van der Waals surface area contributed by atoms with Gasteiger partial charge in [-0.1, -0.05) is 0 Å². The number of anilines is 1. The van der Waals surface area contributed by atoms with Gasteiger partial charge in [-0.15, -0.1) is 0 Å². The summed E-state index contributed by atoms with van der Waals surface area (Å²) in [6, 6.07) is 5.27. The third kappa shape index (κ3) is 2.86. The van der Waals surface area contributed by atoms with Crippen molar-refractivity contribution in [3.8, 4) is 11.5 Å². The molecule has 118 valence electrons. The van der Waals surface area contributed by atoms with Crippen molar-refractivity contribution in [3.05, 3.63) is 18.2 Å². The molecule has 1 fully saturated rings. The fourth-order valence-electron chi connectivity index (χ4n) is 2.70. The average Bonchev–Trinajstić information content (AvgIpc) is 2.63. The van der Waals surface area contributed by atoms with Crippen LogP contribution < -0.4 is 14.8 Å². The molecular formula is C16H19NO5. The van der Waals surface area contributed by atoms with E-state index in [1.807, 2.05) is 0 Å². The number of fused-ring (bicyclic) bond motifs is 1. The van der Waals surface area contributed by atoms with Crippen LogP contribution in [0.15, 0.2) is 18.2 Å². The fourth-order valence-corrected chi connectivity index (χ4v) is 2.70. The summed E-state index contributed by atoms with van der Waals surface area (Å²) >= 11 is 0. The maximum atomic E-state index is 12.4. The van der Waals surface area contributed by atoms with E-state index in [2.05, 4.69) is 5.32 Å². The van der Waals surface area contributed by atoms with E-state index in [0.29, 0.717) is 30.4 Å². The zero-order valence-electron chi connectivity index (χ0n) is 12.7. The van der Waals surface area contributed by atoms with Crippen molar-refractivity contribution >= 4 is 17.6 Å². The predicted octanol–water partition coefficient (Wildman–Crippen LogP) is 2.13. The lowest BCUT2D eigenvalue weighted by molar-refractivity contribution is -0.147. The van der Waals surface area contributed by atoms with Gasteiger partial charge in [-0.25, -0.2) is 0 Å². The number of rotatable bonds is 2. The quantitative estimate of drug-likeness (QED) is 0.847. The second-order valence-corrected chi connectivity index (χ2v) is 6.04. The lowest BCUT2D eigenvalue weighted by atomic mass is 9.90. The zero-order chi connectivity index (χ0) is 15.7. The molecule has 1 atom stereocenters. The van der Waals surface area contributed by atoms with E-state index in [-0.39, 0.29) is 18.3 Å². The van der Waals surface area contributed by atoms with Crippen LogP contribution in [-0.4, -0.2) is 30.7 Å². The molecule has 6 heteroatoms. The van der Waals surface area contributed by atoms with Gasteiger partial charge in [0.25, 0.3) is 0 Å². The Labute approximate surface area is 128 Å². The summed E-state index contributed by atoms with van der Waals surface area (Å²) in [7, 11) is 0. The molecule has 0 aliphatic carbocycles. The number of esters is 1. The molecule has 1 amide bonds. The van der Waals surface area contributed by atoms with Crippen LogP contribution in [0.4, 0.5) is 5.69 Å². The minimum Gasteiger partial charge on any atom is -0.490 e. The molecule has 0 radical (unpaired) electrons. The summed E-state index contributed by atoms with van der Waals surface area (Å²) in [6.07, 6.45) is 0.926. The zero-order valence-corrected chi connectivity index (χ0v) is 12.7. The van der Waals surface area contributed by atoms with E-state index in [4.69, 9.17) is 14.2 Å². The smallest absolute Gasteiger partial charge is 0.307 e. The van der Waals surface area contributed by atoms with E-state index < -0.39 is 11.5 Å². The summed E-state index contributed by atoms with van der Waals surface area (Å²) in [6.45, 7) is 4.70. The third-order valence-corrected chi connectivity index (χ3v) is 3.92. The van der Waals surface area contributed by atoms with Crippen LogP contribution in [0.1, 0.15) is 26.7 Å². The molecule has 2 heterocycles. The van der Waals surface area contributed by atoms with Gasteiger partial charge in [0.2, 0.25) is 5.91 Å². The van der Waals surface area contributed by atoms with Gasteiger partial charge in [-0.05, 0) is 26.0 Å². The molecule has 2 aliphatic heterocycles. The van der Waals surface area contributed by atoms with Crippen LogP contribution in [0.5, 0.6) is 11.5 Å². The van der Waals surface area contributed by atoms with Crippen LogP contribution in [0, 0.1) is 5.92 Å². The normalized spacial score (nSPS) is 22.6. The van der Waals surface area contributed by atoms with Crippen molar-refractivity contribution in [3.63, 3.8) is 0 Å². The Morgan fingerprint density at radius 3 is 2.64 bits per heavy atom. The van der Waals surface area contributed by atoms with Gasteiger partial charge in [0.05, 0.1) is 25.6 Å². The van der Waals surface area contributed by atoms with Crippen molar-refractivity contribution < 1.29 is 23.8 Å². The second-order valence-electron chi connectivity index (χ2n) is 6.04. The number of nitrogens with one attached hydrogen (secondary N) is 1. The summed E-state index contributed by atoms with van der Waals surface area (Å²) in [5.41, 5.74) is -0.170. The topological polar surface area (TPSA) is 73.9 Å². The second kappa shape index (κ2) is 5.51. The highest BCUT2D eigenvalue weighted by atomic mass is 16.6. The molecule has 2 aliphatic rings. The largest absolute Gasteiger partial charge is 0.490 e. The van der Waals surface area contributed by atoms with E-state index in [9.17, 15) is 9.59 Å². The van der Waals surface area contributed by atoms with E-state index in [1.165, 1.54) is 0 Å². The monoisotopic (exact) mass is 305 g/mol. The predicted molar refractivity (Wildman–Crippen MR) is 79.0 cm³/mol. The van der Waals surface area contributed by atoms with Crippen molar-refractivity contribution in [2.45, 2.75) is 32.3 Å². The SMILES string of the molecule is CC1(C)OC(=O)C[C@H]1C(=O)Nc1ccc2c(c1)OCCCO2. The van der Waals surface area contributed by atoms with E-state index in [1.54, 1.807) is 32.0 Å². The van der Waals surface area contributed by atoms with Crippen LogP contribution in [0.25, 0.3) is 0 Å². The lowest BCUT2D eigenvalue weighted by Gasteiger charge is -2.23. The summed E-state index contributed by atoms with van der Waals surface area (Å²) in [5.74, 6) is 0.216. The molecular weight excluding hydrogens is 286 g/mol. The number of hydrogen-bond acceptors (Lipinski definition) is 5. The molecule has 0 unspecified atom stereocenters. The molecule has 0 spiro atoms. The third-order valence-electron chi connectivity index (χ3n) is 3.92. The van der Waals surface area contributed by atoms with Gasteiger partial charge in [-0.3, -0.25) is 9.59 Å². The molecule has 1 aromatic rings. The maximum Gasteiger partial charge on any atom is 0.307 e. The summed E-state index contributed by atoms with van der Waals surface area (Å²) in [4.78, 5) is 23.8. The number of cyclic esters (lactones) is 1. The Bertz CT molecular complexity index is 611. The number of benzene rings is 1. The van der Waals surface area contributed by atoms with Crippen molar-refractivity contribution in [1.29, 1.82) is 0 Å². The molecule has 22 heavy (non-hydrogen) atoms. The van der Waals surface area contributed by atoms with Crippen LogP contribution in [0.3, 0.4) is 0 Å². The number of hydrogen-bond donors (Lipinski definition) is 1. The molecule has 1 saturated heterocycles. The Hall–Kier alpha value is -2.24. The first-order chi connectivity index (χ1) is 10.5. The number of ether oxygens (including phenoxy) is 3. The minimum absolute atomic E-state index is 0.101. The van der Waals surface area contributed by atoms with Crippen LogP contribution in [0.2, 0.25) is 0 Å². The first-order valence-electron chi connectivity index (χ1n) is 7.38. The highest BCUT2D eigenvalue weighted by molar-refractivity contribution is 5.97. The van der Waals surface area contributed by atoms with Crippen molar-refractivity contribution in [2.24, 2.45) is 5.92 Å². The number of carbonyl (C=O) groups is 2. The first-order valence-corrected chi connectivity index (χ1v) is 7.38. The van der Waals surface area contributed by atoms with Gasteiger partial charge in [0, 0.05) is 18.2 Å². The van der Waals surface area contributed by atoms with Gasteiger partial charge in [0.1, 0.15) is 5.60 Å². The Morgan fingerprint density at radius 1 is 1.23 bits per heavy atom. The highest BCUT2D eigenvalue weighted by Gasteiger charge is 2.46. The minimum atomic E-state index is -0.785. The number of carbonyl (C=O) groups excluding carboxylic acids is 2. The Kier molecular flexibility index (Phi) is 3.68. The molecule has 0 aromatic heterocycles. The summed E-state index contributed by atoms with van der Waals surface area (Å²) in [5, 5.41) is 2.82. The van der Waals surface area contributed by atoms with Gasteiger partial charge in [0.15, 0.2) is 11.5 Å². The maximum absolute atomic E-state index is 12.4.